The fourth-order valence-electron chi connectivity index (χ4n) is 4.91. The van der Waals surface area contributed by atoms with Crippen molar-refractivity contribution in [2.24, 2.45) is 7.05 Å². The van der Waals surface area contributed by atoms with Gasteiger partial charge in [0.25, 0.3) is 5.91 Å². The van der Waals surface area contributed by atoms with Crippen LogP contribution in [0.3, 0.4) is 0 Å². The van der Waals surface area contributed by atoms with Gasteiger partial charge in [0.15, 0.2) is 0 Å². The molecule has 0 spiro atoms. The number of carbonyl (C=O) groups is 2. The molecule has 5 rings (SSSR count). The minimum Gasteiger partial charge on any atom is -0.508 e. The quantitative estimate of drug-likeness (QED) is 0.378. The van der Waals surface area contributed by atoms with Crippen LogP contribution in [0.4, 0.5) is 5.69 Å². The molecule has 0 aliphatic carbocycles. The van der Waals surface area contributed by atoms with Gasteiger partial charge in [-0.3, -0.25) is 9.59 Å². The summed E-state index contributed by atoms with van der Waals surface area (Å²) < 4.78 is 2.01. The van der Waals surface area contributed by atoms with Gasteiger partial charge in [-0.25, -0.2) is 15.0 Å². The lowest BCUT2D eigenvalue weighted by atomic mass is 10.0. The van der Waals surface area contributed by atoms with E-state index in [1.165, 1.54) is 0 Å². The lowest BCUT2D eigenvalue weighted by Crippen LogP contribution is -2.56. The van der Waals surface area contributed by atoms with Crippen LogP contribution in [-0.2, 0) is 24.8 Å². The zero-order chi connectivity index (χ0) is 27.8. The number of phenolic OH excluding ortho intramolecular Hbond substituents is 1. The lowest BCUT2D eigenvalue weighted by molar-refractivity contribution is -0.132. The van der Waals surface area contributed by atoms with E-state index in [-0.39, 0.29) is 23.6 Å². The smallest absolute Gasteiger partial charge is 0.254 e. The van der Waals surface area contributed by atoms with Gasteiger partial charge in [-0.1, -0.05) is 6.92 Å². The molecule has 202 valence electrons. The minimum absolute atomic E-state index is 0.0664. The van der Waals surface area contributed by atoms with E-state index in [1.807, 2.05) is 37.6 Å². The number of aromatic nitrogens is 4. The lowest BCUT2D eigenvalue weighted by Gasteiger charge is -2.39. The van der Waals surface area contributed by atoms with Crippen molar-refractivity contribution in [2.75, 3.05) is 25.5 Å². The van der Waals surface area contributed by atoms with Gasteiger partial charge in [0.05, 0.1) is 58.3 Å². The van der Waals surface area contributed by atoms with Crippen LogP contribution in [0.2, 0.25) is 0 Å². The maximum Gasteiger partial charge on any atom is 0.254 e. The number of benzene rings is 1. The Labute approximate surface area is 227 Å². The van der Waals surface area contributed by atoms with E-state index in [0.717, 1.165) is 29.3 Å². The minimum atomic E-state index is -0.191. The van der Waals surface area contributed by atoms with Gasteiger partial charge in [-0.05, 0) is 43.3 Å². The zero-order valence-electron chi connectivity index (χ0n) is 22.9. The van der Waals surface area contributed by atoms with E-state index in [2.05, 4.69) is 10.3 Å². The second-order valence-electron chi connectivity index (χ2n) is 10.1. The van der Waals surface area contributed by atoms with Crippen molar-refractivity contribution >= 4 is 28.4 Å². The molecule has 4 heterocycles. The summed E-state index contributed by atoms with van der Waals surface area (Å²) in [5, 5.41) is 14.2. The molecule has 2 amide bonds. The number of aryl methyl sites for hydroxylation is 2. The molecule has 0 saturated carbocycles. The third-order valence-electron chi connectivity index (χ3n) is 7.30. The predicted molar refractivity (Wildman–Crippen MR) is 149 cm³/mol. The molecule has 3 aromatic heterocycles. The first kappa shape index (κ1) is 26.1. The maximum absolute atomic E-state index is 13.7. The van der Waals surface area contributed by atoms with Crippen LogP contribution in [0, 0.1) is 6.92 Å². The summed E-state index contributed by atoms with van der Waals surface area (Å²) >= 11 is 0. The number of amides is 2. The number of phenols is 1. The number of nitrogens with one attached hydrogen (secondary N) is 1. The average Bonchev–Trinajstić information content (AvgIpc) is 3.24. The molecule has 1 aromatic carbocycles. The summed E-state index contributed by atoms with van der Waals surface area (Å²) in [6, 6.07) is 10.6. The van der Waals surface area contributed by atoms with Gasteiger partial charge >= 0.3 is 0 Å². The largest absolute Gasteiger partial charge is 0.508 e. The first-order valence-corrected chi connectivity index (χ1v) is 13.0. The molecule has 0 unspecified atom stereocenters. The van der Waals surface area contributed by atoms with E-state index in [9.17, 15) is 14.7 Å². The van der Waals surface area contributed by atoms with Crippen molar-refractivity contribution in [1.82, 2.24) is 29.3 Å². The molecular formula is C29H33N7O3. The van der Waals surface area contributed by atoms with Gasteiger partial charge in [0.2, 0.25) is 5.91 Å². The van der Waals surface area contributed by atoms with E-state index in [1.54, 1.807) is 54.2 Å². The molecule has 0 bridgehead atoms. The Kier molecular flexibility index (Phi) is 6.94. The van der Waals surface area contributed by atoms with Crippen molar-refractivity contribution in [3.63, 3.8) is 0 Å². The van der Waals surface area contributed by atoms with Crippen molar-refractivity contribution in [1.29, 1.82) is 0 Å². The van der Waals surface area contributed by atoms with Gasteiger partial charge in [0.1, 0.15) is 11.6 Å². The van der Waals surface area contributed by atoms with Gasteiger partial charge in [-0.15, -0.1) is 0 Å². The van der Waals surface area contributed by atoms with Crippen LogP contribution in [0.15, 0.2) is 42.6 Å². The van der Waals surface area contributed by atoms with Crippen LogP contribution in [0.5, 0.6) is 5.75 Å². The molecule has 39 heavy (non-hydrogen) atoms. The van der Waals surface area contributed by atoms with E-state index < -0.39 is 0 Å². The first-order chi connectivity index (χ1) is 18.6. The molecule has 0 atom stereocenters. The third-order valence-corrected chi connectivity index (χ3v) is 7.30. The summed E-state index contributed by atoms with van der Waals surface area (Å²) in [5.41, 5.74) is 4.87. The molecule has 1 aliphatic heterocycles. The number of carbonyl (C=O) groups excluding carboxylic acids is 2. The molecular weight excluding hydrogens is 494 g/mol. The number of anilines is 1. The van der Waals surface area contributed by atoms with Crippen LogP contribution >= 0.6 is 0 Å². The van der Waals surface area contributed by atoms with Gasteiger partial charge in [0, 0.05) is 45.9 Å². The maximum atomic E-state index is 13.7. The van der Waals surface area contributed by atoms with Crippen molar-refractivity contribution in [3.05, 3.63) is 65.4 Å². The van der Waals surface area contributed by atoms with Crippen LogP contribution in [0.1, 0.15) is 41.4 Å². The topological polar surface area (TPSA) is 116 Å². The summed E-state index contributed by atoms with van der Waals surface area (Å²) in [7, 11) is 3.71. The standard InChI is InChI=1S/C29H33N7O3/c1-6-28-30-13-20(35(28)5)16-34(4)29(39)23-12-27(33-25-8-7-21(38)11-22(23)25)26-10-9-24(17(2)31-26)32-19-14-36(15-19)18(3)37/h7-13,19,32,38H,6,14-16H2,1-5H3. The second kappa shape index (κ2) is 10.4. The van der Waals surface area contributed by atoms with E-state index >= 15 is 0 Å². The number of likely N-dealkylation sites (tertiary alicyclic amines) is 1. The predicted octanol–water partition coefficient (Wildman–Crippen LogP) is 3.52. The Bertz CT molecular complexity index is 1570. The molecule has 1 aliphatic rings. The van der Waals surface area contributed by atoms with Gasteiger partial charge < -0.3 is 24.8 Å². The zero-order valence-corrected chi connectivity index (χ0v) is 22.9. The van der Waals surface area contributed by atoms with Crippen LogP contribution in [-0.4, -0.2) is 72.4 Å². The highest BCUT2D eigenvalue weighted by Crippen LogP contribution is 2.29. The highest BCUT2D eigenvalue weighted by molar-refractivity contribution is 6.07. The number of hydrogen-bond donors (Lipinski definition) is 2. The molecule has 10 heteroatoms. The number of rotatable bonds is 7. The Morgan fingerprint density at radius 3 is 2.56 bits per heavy atom. The number of hydrogen-bond acceptors (Lipinski definition) is 7. The summed E-state index contributed by atoms with van der Waals surface area (Å²) in [6.07, 6.45) is 2.61. The van der Waals surface area contributed by atoms with E-state index in [0.29, 0.717) is 47.5 Å². The fourth-order valence-corrected chi connectivity index (χ4v) is 4.91. The van der Waals surface area contributed by atoms with Crippen LogP contribution in [0.25, 0.3) is 22.3 Å². The van der Waals surface area contributed by atoms with E-state index in [4.69, 9.17) is 9.97 Å². The number of imidazole rings is 1. The highest BCUT2D eigenvalue weighted by Gasteiger charge is 2.28. The summed E-state index contributed by atoms with van der Waals surface area (Å²) in [4.78, 5) is 42.6. The summed E-state index contributed by atoms with van der Waals surface area (Å²) in [5.74, 6) is 0.913. The van der Waals surface area contributed by atoms with Crippen molar-refractivity contribution in [2.45, 2.75) is 39.8 Å². The Morgan fingerprint density at radius 1 is 1.13 bits per heavy atom. The molecule has 0 radical (unpaired) electrons. The number of pyridine rings is 2. The third kappa shape index (κ3) is 5.14. The molecule has 2 N–H and O–H groups in total. The normalized spacial score (nSPS) is 13.4. The molecule has 4 aromatic rings. The van der Waals surface area contributed by atoms with Crippen LogP contribution < -0.4 is 5.32 Å². The summed E-state index contributed by atoms with van der Waals surface area (Å²) in [6.45, 7) is 7.28. The fraction of sp³-hybridized carbons (Fsp3) is 0.345. The first-order valence-electron chi connectivity index (χ1n) is 13.0. The monoisotopic (exact) mass is 527 g/mol. The molecule has 10 nitrogen and oxygen atoms in total. The highest BCUT2D eigenvalue weighted by atomic mass is 16.3. The number of nitrogens with zero attached hydrogens (tertiary/aromatic N) is 6. The second-order valence-corrected chi connectivity index (χ2v) is 10.1. The molecule has 1 saturated heterocycles. The van der Waals surface area contributed by atoms with Crippen molar-refractivity contribution < 1.29 is 14.7 Å². The van der Waals surface area contributed by atoms with Crippen molar-refractivity contribution in [3.8, 4) is 17.1 Å². The Morgan fingerprint density at radius 2 is 1.90 bits per heavy atom. The SMILES string of the molecule is CCc1ncc(CN(C)C(=O)c2cc(-c3ccc(NC4CN(C(C)=O)C4)c(C)n3)nc3ccc(O)cc23)n1C. The Balaban J connectivity index is 1.45. The Hall–Kier alpha value is -4.47. The number of aromatic hydroxyl groups is 1. The van der Waals surface area contributed by atoms with Gasteiger partial charge in [-0.2, -0.15) is 0 Å². The average molecular weight is 528 g/mol. The molecule has 1 fully saturated rings. The number of fused-ring (bicyclic) bond motifs is 1.